The summed E-state index contributed by atoms with van der Waals surface area (Å²) < 4.78 is 29.5. The minimum Gasteiger partial charge on any atom is -0.487 e. The maximum Gasteiger partial charge on any atom is 0.410 e. The van der Waals surface area contributed by atoms with Gasteiger partial charge in [-0.1, -0.05) is 155 Å². The number of ketones is 1. The molecular weight excluding hydrogens is 1550 g/mol. The molecule has 648 valence electrons. The lowest BCUT2D eigenvalue weighted by molar-refractivity contribution is -0.146. The fraction of sp³-hybridized carbons (Fsp3) is 0.500. The number of likely N-dealkylation sites (tertiary alicyclic amines) is 2. The summed E-state index contributed by atoms with van der Waals surface area (Å²) in [7, 11) is 3.94. The molecule has 0 radical (unpaired) electrons. The fourth-order valence-corrected chi connectivity index (χ4v) is 13.8. The summed E-state index contributed by atoms with van der Waals surface area (Å²) in [6, 6.07) is 21.3. The summed E-state index contributed by atoms with van der Waals surface area (Å²) in [5.41, 5.74) is 8.65. The fourth-order valence-electron chi connectivity index (χ4n) is 13.8. The Bertz CT molecular complexity index is 4810. The molecule has 0 aliphatic carbocycles. The van der Waals surface area contributed by atoms with Gasteiger partial charge in [0.25, 0.3) is 0 Å². The Labute approximate surface area is 705 Å². The maximum atomic E-state index is 15.5. The Morgan fingerprint density at radius 1 is 0.554 bits per heavy atom. The van der Waals surface area contributed by atoms with Gasteiger partial charge in [-0.2, -0.15) is 0 Å². The second kappa shape index (κ2) is 40.9. The molecule has 0 spiro atoms. The van der Waals surface area contributed by atoms with Gasteiger partial charge in [0.05, 0.1) is 31.4 Å². The maximum absolute atomic E-state index is 15.5. The summed E-state index contributed by atoms with van der Waals surface area (Å²) in [5, 5.41) is 31.6. The number of hydrogen-bond donors (Lipinski definition) is 6. The van der Waals surface area contributed by atoms with E-state index in [4.69, 9.17) is 30.1 Å². The Hall–Kier alpha value is -12.6. The monoisotopic (exact) mass is 1670 g/mol. The largest absolute Gasteiger partial charge is 0.487 e. The lowest BCUT2D eigenvalue weighted by Crippen LogP contribution is -2.61. The zero-order valence-corrected chi connectivity index (χ0v) is 72.1. The zero-order chi connectivity index (χ0) is 89.2. The molecule has 121 heavy (non-hydrogen) atoms. The van der Waals surface area contributed by atoms with E-state index in [1.165, 1.54) is 49.3 Å². The number of nitrogens with one attached hydrogen (secondary N) is 6. The predicted molar refractivity (Wildman–Crippen MR) is 449 cm³/mol. The molecule has 0 saturated carbocycles. The minimum atomic E-state index is -1.37. The number of terminal acetylenes is 1. The standard InChI is InChI=1S/C88H114N16O17/c1-20-40-118-64-36-31-56(32-37-64)42-66(54(4)105)90-76(108)68(45-58-30-35-59-28-24-25-29-60(59)41-58)92-79(111)71-47-63(50-103(71)81(113)73(86(8,9)10)95-75(107)53(3)101(18)84(116)121-88(14,15)16)104-49-62(97-99-104)51-119-65-38-33-57(34-39-65)44-69(82(114)117-19)93-77(109)67(43-55-26-22-21-23-27-55)91-78(110)70-46-61(96-98-89)48-102(70)80(112)72(85(5,6)7)94-74(106)52(2)100(17)83(115)120-87(11,12)13/h1,21-39,41,49,52-53,61,63,66-73H,40,42-48,50-51H2,2-19H3,(H,90,108)(H,91,110)(H,92,111)(H,93,109)(H,94,106)(H,95,107)/t52?,53?,61-,63-,66?,67-,68?,69-,70-,71?,72?,73+/m0/s1. The molecule has 5 aromatic carbocycles. The van der Waals surface area contributed by atoms with Crippen molar-refractivity contribution in [2.24, 2.45) is 15.9 Å². The molecular formula is C88H114N16O17. The van der Waals surface area contributed by atoms with Crippen molar-refractivity contribution in [3.05, 3.63) is 166 Å². The van der Waals surface area contributed by atoms with Gasteiger partial charge in [-0.3, -0.25) is 53.0 Å². The van der Waals surface area contributed by atoms with Crippen molar-refractivity contribution in [3.63, 3.8) is 0 Å². The number of azide groups is 1. The first-order valence-electron chi connectivity index (χ1n) is 40.1. The Balaban J connectivity index is 1.01. The van der Waals surface area contributed by atoms with E-state index in [1.807, 2.05) is 42.5 Å². The van der Waals surface area contributed by atoms with Crippen molar-refractivity contribution in [2.75, 3.05) is 40.9 Å². The molecule has 6 N–H and O–H groups in total. The third kappa shape index (κ3) is 26.5. The average Bonchev–Trinajstić information content (AvgIpc) is 1.65. The molecule has 2 aliphatic heterocycles. The number of fused-ring (bicyclic) bond motifs is 1. The number of carbonyl (C=O) groups excluding carboxylic acids is 12. The van der Waals surface area contributed by atoms with Gasteiger partial charge in [0.15, 0.2) is 5.78 Å². The number of methoxy groups -OCH3 is 1. The van der Waals surface area contributed by atoms with Gasteiger partial charge in [0, 0.05) is 57.8 Å². The van der Waals surface area contributed by atoms with Crippen LogP contribution in [0.4, 0.5) is 9.59 Å². The Morgan fingerprint density at radius 3 is 1.49 bits per heavy atom. The quantitative estimate of drug-likeness (QED) is 0.00567. The van der Waals surface area contributed by atoms with Gasteiger partial charge in [-0.25, -0.2) is 19.1 Å². The van der Waals surface area contributed by atoms with Crippen molar-refractivity contribution >= 4 is 82.0 Å². The predicted octanol–water partition coefficient (Wildman–Crippen LogP) is 7.99. The first-order chi connectivity index (χ1) is 56.8. The highest BCUT2D eigenvalue weighted by atomic mass is 16.6. The number of amides is 10. The van der Waals surface area contributed by atoms with Crippen LogP contribution in [0.5, 0.6) is 11.5 Å². The zero-order valence-electron chi connectivity index (χ0n) is 72.1. The number of hydrogen-bond acceptors (Lipinski definition) is 20. The number of Topliss-reactive ketones (excluding diaryl/α,β-unsaturated/α-hetero) is 1. The van der Waals surface area contributed by atoms with Crippen LogP contribution < -0.4 is 41.4 Å². The lowest BCUT2D eigenvalue weighted by atomic mass is 9.85. The van der Waals surface area contributed by atoms with Crippen LogP contribution in [0.1, 0.15) is 151 Å². The molecule has 12 atom stereocenters. The smallest absolute Gasteiger partial charge is 0.410 e. The van der Waals surface area contributed by atoms with Gasteiger partial charge in [-0.15, -0.1) is 11.5 Å². The summed E-state index contributed by atoms with van der Waals surface area (Å²) >= 11 is 0. The van der Waals surface area contributed by atoms with Crippen LogP contribution in [0.3, 0.4) is 0 Å². The number of rotatable bonds is 33. The summed E-state index contributed by atoms with van der Waals surface area (Å²) in [6.07, 6.45) is 5.04. The molecule has 3 heterocycles. The first-order valence-corrected chi connectivity index (χ1v) is 40.1. The molecule has 2 fully saturated rings. The van der Waals surface area contributed by atoms with E-state index in [9.17, 15) is 53.5 Å². The van der Waals surface area contributed by atoms with Crippen molar-refractivity contribution in [1.29, 1.82) is 0 Å². The van der Waals surface area contributed by atoms with E-state index < -0.39 is 160 Å². The van der Waals surface area contributed by atoms with Gasteiger partial charge in [-0.05, 0) is 149 Å². The molecule has 2 saturated heterocycles. The van der Waals surface area contributed by atoms with E-state index >= 15 is 9.59 Å². The van der Waals surface area contributed by atoms with Crippen LogP contribution in [0.25, 0.3) is 21.2 Å². The van der Waals surface area contributed by atoms with Gasteiger partial charge >= 0.3 is 18.2 Å². The molecule has 2 aliphatic rings. The number of ether oxygens (including phenoxy) is 5. The second-order valence-electron chi connectivity index (χ2n) is 34.8. The van der Waals surface area contributed by atoms with E-state index in [1.54, 1.807) is 168 Å². The van der Waals surface area contributed by atoms with Crippen molar-refractivity contribution in [2.45, 2.75) is 233 Å². The number of likely N-dealkylation sites (N-methyl/N-ethyl adjacent to an activating group) is 2. The van der Waals surface area contributed by atoms with Crippen LogP contribution in [0, 0.1) is 23.2 Å². The third-order valence-corrected chi connectivity index (χ3v) is 20.8. The highest BCUT2D eigenvalue weighted by molar-refractivity contribution is 5.99. The Morgan fingerprint density at radius 2 is 1.00 bits per heavy atom. The Kier molecular flexibility index (Phi) is 31.8. The van der Waals surface area contributed by atoms with Crippen LogP contribution in [-0.4, -0.2) is 224 Å². The molecule has 10 amide bonds. The number of aromatic nitrogens is 3. The van der Waals surface area contributed by atoms with Gasteiger partial charge < -0.3 is 65.4 Å². The first kappa shape index (κ1) is 93.9. The SMILES string of the molecule is C#CCOc1ccc(CC(NC(=O)C(Cc2ccc3ccccc3c2)NC(=O)C2C[C@H](n3cc(COc4ccc(C[C@H](NC(=O)[C@H](Cc5ccccc5)NC(=O)[C@@H]5C[C@H](N=[N+]=[N-])CN5C(=O)C(NC(=O)C(C)N(C)C(=O)OC(C)(C)C)C(C)(C)C)C(=O)OC)cc4)nn3)CN2C(=O)[C@@H](NC(=O)C(C)N(C)C(=O)OC(C)(C)C)C(C)(C)C)C(C)=O)cc1. The van der Waals surface area contributed by atoms with Crippen molar-refractivity contribution < 1.29 is 81.2 Å². The molecule has 1 aromatic heterocycles. The van der Waals surface area contributed by atoms with E-state index in [2.05, 4.69) is 58.2 Å². The van der Waals surface area contributed by atoms with Gasteiger partial charge in [0.1, 0.15) is 96.0 Å². The molecule has 0 bridgehead atoms. The summed E-state index contributed by atoms with van der Waals surface area (Å²) in [4.78, 5) is 179. The van der Waals surface area contributed by atoms with Crippen LogP contribution in [-0.2, 0) is 94.4 Å². The lowest BCUT2D eigenvalue weighted by Gasteiger charge is -2.37. The van der Waals surface area contributed by atoms with Crippen molar-refractivity contribution in [3.8, 4) is 23.8 Å². The third-order valence-electron chi connectivity index (χ3n) is 20.8. The highest BCUT2D eigenvalue weighted by Gasteiger charge is 2.49. The van der Waals surface area contributed by atoms with E-state index in [0.29, 0.717) is 39.4 Å². The minimum absolute atomic E-state index is 0.0481. The van der Waals surface area contributed by atoms with E-state index in [-0.39, 0.29) is 70.6 Å². The molecule has 33 heteroatoms. The number of esters is 1. The topological polar surface area (TPSA) is 416 Å². The van der Waals surface area contributed by atoms with Crippen LogP contribution in [0.15, 0.2) is 133 Å². The number of nitrogens with zero attached hydrogens (tertiary/aromatic N) is 10. The normalized spacial score (nSPS) is 17.3. The molecule has 6 aromatic rings. The molecule has 33 nitrogen and oxygen atoms in total. The number of benzene rings is 5. The van der Waals surface area contributed by atoms with Crippen LogP contribution >= 0.6 is 0 Å². The van der Waals surface area contributed by atoms with Crippen LogP contribution in [0.2, 0.25) is 0 Å². The van der Waals surface area contributed by atoms with Crippen molar-refractivity contribution in [1.82, 2.24) is 66.5 Å². The number of carbonyl (C=O) groups is 12. The highest BCUT2D eigenvalue weighted by Crippen LogP contribution is 2.34. The summed E-state index contributed by atoms with van der Waals surface area (Å²) in [6.45, 7) is 24.3. The van der Waals surface area contributed by atoms with Gasteiger partial charge in [0.2, 0.25) is 47.3 Å². The second-order valence-corrected chi connectivity index (χ2v) is 34.8. The average molecular weight is 1670 g/mol. The molecule has 6 unspecified atom stereocenters. The van der Waals surface area contributed by atoms with E-state index in [0.717, 1.165) is 27.7 Å². The summed E-state index contributed by atoms with van der Waals surface area (Å²) in [5.74, 6) is -3.66. The molecule has 8 rings (SSSR count).